The number of aromatic amines is 1. The van der Waals surface area contributed by atoms with E-state index in [1.165, 1.54) is 33.1 Å². The lowest BCUT2D eigenvalue weighted by molar-refractivity contribution is 1.25. The largest absolute Gasteiger partial charge is 0.358 e. The molecule has 0 spiro atoms. The summed E-state index contributed by atoms with van der Waals surface area (Å²) in [6.45, 7) is 6.44. The fourth-order valence-corrected chi connectivity index (χ4v) is 2.77. The van der Waals surface area contributed by atoms with E-state index in [2.05, 4.69) is 61.1 Å². The fraction of sp³-hybridized carbons (Fsp3) is 0.150. The Morgan fingerprint density at radius 1 is 0.818 bits per heavy atom. The molecule has 2 heteroatoms. The molecule has 0 amide bonds. The summed E-state index contributed by atoms with van der Waals surface area (Å²) in [5.74, 6) is 0. The second-order valence-corrected chi connectivity index (χ2v) is 5.57. The second kappa shape index (κ2) is 6.02. The molecule has 1 N–H and O–H groups in total. The van der Waals surface area contributed by atoms with Crippen LogP contribution in [0.1, 0.15) is 16.8 Å². The molecule has 22 heavy (non-hydrogen) atoms. The lowest BCUT2D eigenvalue weighted by Crippen LogP contribution is -1.75. The summed E-state index contributed by atoms with van der Waals surface area (Å²) < 4.78 is 0. The third-order valence-corrected chi connectivity index (χ3v) is 4.04. The molecule has 0 bridgehead atoms. The summed E-state index contributed by atoms with van der Waals surface area (Å²) in [6.07, 6.45) is 1.81. The summed E-state index contributed by atoms with van der Waals surface area (Å²) in [5.41, 5.74) is 6.33. The monoisotopic (exact) mass is 288 g/mol. The Hall–Kier alpha value is -2.61. The molecule has 0 aliphatic carbocycles. The number of aryl methyl sites for hydroxylation is 3. The van der Waals surface area contributed by atoms with Gasteiger partial charge in [-0.3, -0.25) is 4.98 Å². The minimum atomic E-state index is 1.06. The van der Waals surface area contributed by atoms with Gasteiger partial charge in [0, 0.05) is 28.2 Å². The van der Waals surface area contributed by atoms with Gasteiger partial charge in [0.1, 0.15) is 0 Å². The van der Waals surface area contributed by atoms with Gasteiger partial charge < -0.3 is 4.98 Å². The fourth-order valence-electron chi connectivity index (χ4n) is 2.77. The van der Waals surface area contributed by atoms with Crippen LogP contribution in [0.15, 0.2) is 60.8 Å². The summed E-state index contributed by atoms with van der Waals surface area (Å²) in [7, 11) is 0. The van der Waals surface area contributed by atoms with Gasteiger partial charge in [-0.25, -0.2) is 0 Å². The van der Waals surface area contributed by atoms with Crippen LogP contribution in [0, 0.1) is 20.8 Å². The van der Waals surface area contributed by atoms with Gasteiger partial charge in [0.05, 0.1) is 5.52 Å². The Kier molecular flexibility index (Phi) is 3.92. The van der Waals surface area contributed by atoms with Crippen molar-refractivity contribution in [3.8, 4) is 0 Å². The molecule has 0 saturated heterocycles. The topological polar surface area (TPSA) is 28.7 Å². The van der Waals surface area contributed by atoms with Crippen molar-refractivity contribution in [3.63, 3.8) is 0 Å². The highest BCUT2D eigenvalue weighted by Gasteiger charge is 2.04. The highest BCUT2D eigenvalue weighted by Crippen LogP contribution is 2.23. The maximum atomic E-state index is 4.18. The number of pyridine rings is 1. The third-order valence-electron chi connectivity index (χ3n) is 4.04. The summed E-state index contributed by atoms with van der Waals surface area (Å²) >= 11 is 0. The first-order valence-corrected chi connectivity index (χ1v) is 7.51. The average molecular weight is 288 g/mol. The van der Waals surface area contributed by atoms with Crippen molar-refractivity contribution < 1.29 is 0 Å². The molecule has 4 rings (SSSR count). The van der Waals surface area contributed by atoms with Crippen LogP contribution in [0.2, 0.25) is 0 Å². The Bertz CT molecular complexity index is 854. The van der Waals surface area contributed by atoms with E-state index in [4.69, 9.17) is 0 Å². The second-order valence-electron chi connectivity index (χ2n) is 5.57. The molecule has 0 radical (unpaired) electrons. The van der Waals surface area contributed by atoms with Crippen molar-refractivity contribution >= 4 is 21.8 Å². The average Bonchev–Trinajstić information content (AvgIpc) is 2.84. The van der Waals surface area contributed by atoms with E-state index in [1.807, 2.05) is 30.5 Å². The van der Waals surface area contributed by atoms with Crippen LogP contribution >= 0.6 is 0 Å². The molecule has 0 fully saturated rings. The predicted molar refractivity (Wildman–Crippen MR) is 94.3 cm³/mol. The van der Waals surface area contributed by atoms with Crippen LogP contribution in [-0.2, 0) is 0 Å². The van der Waals surface area contributed by atoms with Crippen molar-refractivity contribution in [2.75, 3.05) is 0 Å². The van der Waals surface area contributed by atoms with Crippen LogP contribution < -0.4 is 0 Å². The van der Waals surface area contributed by atoms with Crippen molar-refractivity contribution in [3.05, 3.63) is 77.6 Å². The number of hydrogen-bond acceptors (Lipinski definition) is 1. The number of aromatic nitrogens is 2. The molecule has 2 aromatic heterocycles. The molecule has 2 nitrogen and oxygen atoms in total. The van der Waals surface area contributed by atoms with E-state index < -0.39 is 0 Å². The molecular weight excluding hydrogens is 268 g/mol. The first-order valence-electron chi connectivity index (χ1n) is 7.51. The molecule has 2 aromatic carbocycles. The van der Waals surface area contributed by atoms with E-state index in [-0.39, 0.29) is 0 Å². The zero-order valence-corrected chi connectivity index (χ0v) is 13.2. The Morgan fingerprint density at radius 3 is 2.36 bits per heavy atom. The van der Waals surface area contributed by atoms with Crippen LogP contribution in [-0.4, -0.2) is 9.97 Å². The van der Waals surface area contributed by atoms with Crippen molar-refractivity contribution in [2.24, 2.45) is 0 Å². The molecule has 0 aliphatic heterocycles. The molecule has 0 atom stereocenters. The number of hydrogen-bond donors (Lipinski definition) is 1. The molecule has 2 heterocycles. The van der Waals surface area contributed by atoms with Gasteiger partial charge in [0.15, 0.2) is 0 Å². The van der Waals surface area contributed by atoms with Gasteiger partial charge in [-0.15, -0.1) is 0 Å². The minimum Gasteiger partial charge on any atom is -0.358 e. The quantitative estimate of drug-likeness (QED) is 0.465. The van der Waals surface area contributed by atoms with Crippen LogP contribution in [0.3, 0.4) is 0 Å². The Balaban J connectivity index is 0.000000133. The zero-order chi connectivity index (χ0) is 15.5. The van der Waals surface area contributed by atoms with Gasteiger partial charge in [0.25, 0.3) is 0 Å². The van der Waals surface area contributed by atoms with Crippen molar-refractivity contribution in [2.45, 2.75) is 20.8 Å². The molecular formula is C20H20N2. The SMILES string of the molecule is Cc1[nH]c2cccc(C)c2c1C.c1ccc2ncccc2c1. The number of nitrogens with zero attached hydrogens (tertiary/aromatic N) is 1. The molecule has 4 aromatic rings. The minimum absolute atomic E-state index is 1.06. The highest BCUT2D eigenvalue weighted by molar-refractivity contribution is 5.87. The lowest BCUT2D eigenvalue weighted by Gasteiger charge is -1.95. The number of para-hydroxylation sites is 1. The van der Waals surface area contributed by atoms with E-state index in [0.29, 0.717) is 0 Å². The first kappa shape index (κ1) is 14.3. The van der Waals surface area contributed by atoms with Crippen LogP contribution in [0.5, 0.6) is 0 Å². The molecule has 0 saturated carbocycles. The smallest absolute Gasteiger partial charge is 0.0701 e. The van der Waals surface area contributed by atoms with E-state index >= 15 is 0 Å². The lowest BCUT2D eigenvalue weighted by atomic mass is 10.1. The van der Waals surface area contributed by atoms with Gasteiger partial charge in [-0.05, 0) is 50.1 Å². The van der Waals surface area contributed by atoms with Crippen LogP contribution in [0.25, 0.3) is 21.8 Å². The number of rotatable bonds is 0. The zero-order valence-electron chi connectivity index (χ0n) is 13.2. The number of nitrogens with one attached hydrogen (secondary N) is 1. The standard InChI is InChI=1S/C11H13N.C9H7N/c1-7-5-4-6-10-11(7)8(2)9(3)12-10;1-2-6-9-8(4-1)5-3-7-10-9/h4-6,12H,1-3H3;1-7H. The maximum Gasteiger partial charge on any atom is 0.0701 e. The van der Waals surface area contributed by atoms with E-state index in [0.717, 1.165) is 5.52 Å². The van der Waals surface area contributed by atoms with Gasteiger partial charge in [0.2, 0.25) is 0 Å². The summed E-state index contributed by atoms with van der Waals surface area (Å²) in [6, 6.07) is 18.5. The number of fused-ring (bicyclic) bond motifs is 2. The van der Waals surface area contributed by atoms with Crippen LogP contribution in [0.4, 0.5) is 0 Å². The molecule has 0 aliphatic rings. The van der Waals surface area contributed by atoms with Gasteiger partial charge in [-0.1, -0.05) is 36.4 Å². The summed E-state index contributed by atoms with van der Waals surface area (Å²) in [5, 5.41) is 2.58. The van der Waals surface area contributed by atoms with Gasteiger partial charge >= 0.3 is 0 Å². The highest BCUT2D eigenvalue weighted by atomic mass is 14.7. The Labute approximate surface area is 130 Å². The van der Waals surface area contributed by atoms with Crippen molar-refractivity contribution in [1.29, 1.82) is 0 Å². The number of benzene rings is 2. The molecule has 0 unspecified atom stereocenters. The summed E-state index contributed by atoms with van der Waals surface area (Å²) in [4.78, 5) is 7.55. The third kappa shape index (κ3) is 2.73. The molecule has 110 valence electrons. The maximum absolute atomic E-state index is 4.18. The Morgan fingerprint density at radius 2 is 1.59 bits per heavy atom. The van der Waals surface area contributed by atoms with E-state index in [9.17, 15) is 0 Å². The predicted octanol–water partition coefficient (Wildman–Crippen LogP) is 5.33. The van der Waals surface area contributed by atoms with Crippen molar-refractivity contribution in [1.82, 2.24) is 9.97 Å². The van der Waals surface area contributed by atoms with Gasteiger partial charge in [-0.2, -0.15) is 0 Å². The number of H-pyrrole nitrogens is 1. The van der Waals surface area contributed by atoms with E-state index in [1.54, 1.807) is 0 Å². The normalized spacial score (nSPS) is 10.5. The first-order chi connectivity index (χ1) is 10.7.